The maximum absolute atomic E-state index is 13.6. The van der Waals surface area contributed by atoms with E-state index in [1.54, 1.807) is 55.8 Å². The van der Waals surface area contributed by atoms with Gasteiger partial charge in [-0.15, -0.1) is 0 Å². The van der Waals surface area contributed by atoms with Crippen LogP contribution in [0.3, 0.4) is 0 Å². The highest BCUT2D eigenvalue weighted by atomic mass is 19.1. The van der Waals surface area contributed by atoms with Gasteiger partial charge in [-0.05, 0) is 54.4 Å². The molecule has 3 rings (SSSR count). The summed E-state index contributed by atoms with van der Waals surface area (Å²) in [7, 11) is 1.57. The molecule has 27 heavy (non-hydrogen) atoms. The summed E-state index contributed by atoms with van der Waals surface area (Å²) in [5.74, 6) is 0.699. The zero-order chi connectivity index (χ0) is 19.1. The lowest BCUT2D eigenvalue weighted by Crippen LogP contribution is -2.13. The molecule has 0 saturated carbocycles. The van der Waals surface area contributed by atoms with Gasteiger partial charge in [0.2, 0.25) is 0 Å². The number of hydrogen-bond donors (Lipinski definition) is 2. The molecule has 0 spiro atoms. The summed E-state index contributed by atoms with van der Waals surface area (Å²) < 4.78 is 18.7. The third kappa shape index (κ3) is 5.04. The fourth-order valence-electron chi connectivity index (χ4n) is 2.55. The average molecular weight is 365 g/mol. The number of amides is 1. The standard InChI is InChI=1S/C21H20FN3O2/c1-27-18-9-6-16(7-10-18)21(26)25-20-11-8-17(14-24-20)23-13-12-15-4-2-3-5-19(15)22/h2-11,14,23H,12-13H2,1H3,(H,24,25,26). The number of hydrogen-bond acceptors (Lipinski definition) is 4. The van der Waals surface area contributed by atoms with Crippen LogP contribution in [0.2, 0.25) is 0 Å². The monoisotopic (exact) mass is 365 g/mol. The van der Waals surface area contributed by atoms with E-state index in [4.69, 9.17) is 4.74 Å². The molecule has 1 aromatic heterocycles. The van der Waals surface area contributed by atoms with E-state index >= 15 is 0 Å². The Morgan fingerprint density at radius 3 is 2.52 bits per heavy atom. The molecule has 138 valence electrons. The van der Waals surface area contributed by atoms with Gasteiger partial charge in [-0.3, -0.25) is 4.79 Å². The van der Waals surface area contributed by atoms with Crippen molar-refractivity contribution in [2.45, 2.75) is 6.42 Å². The van der Waals surface area contributed by atoms with Gasteiger partial charge in [0.05, 0.1) is 19.0 Å². The zero-order valence-corrected chi connectivity index (χ0v) is 14.9. The molecule has 0 atom stereocenters. The second-order valence-corrected chi connectivity index (χ2v) is 5.88. The van der Waals surface area contributed by atoms with Crippen molar-refractivity contribution in [2.24, 2.45) is 0 Å². The molecular weight excluding hydrogens is 345 g/mol. The molecule has 6 heteroatoms. The van der Waals surface area contributed by atoms with Crippen LogP contribution in [-0.2, 0) is 6.42 Å². The predicted octanol–water partition coefficient (Wildman–Crippen LogP) is 4.14. The van der Waals surface area contributed by atoms with Gasteiger partial charge in [0, 0.05) is 12.1 Å². The highest BCUT2D eigenvalue weighted by Crippen LogP contribution is 2.14. The number of halogens is 1. The number of nitrogens with zero attached hydrogens (tertiary/aromatic N) is 1. The van der Waals surface area contributed by atoms with Crippen LogP contribution in [0.1, 0.15) is 15.9 Å². The number of benzene rings is 2. The first-order valence-electron chi connectivity index (χ1n) is 8.54. The summed E-state index contributed by atoms with van der Waals surface area (Å²) in [5, 5.41) is 5.93. The Kier molecular flexibility index (Phi) is 5.99. The SMILES string of the molecule is COc1ccc(C(=O)Nc2ccc(NCCc3ccccc3F)cn2)cc1. The lowest BCUT2D eigenvalue weighted by Gasteiger charge is -2.09. The Labute approximate surface area is 157 Å². The summed E-state index contributed by atoms with van der Waals surface area (Å²) in [4.78, 5) is 16.4. The Morgan fingerprint density at radius 1 is 1.07 bits per heavy atom. The lowest BCUT2D eigenvalue weighted by molar-refractivity contribution is 0.102. The Morgan fingerprint density at radius 2 is 1.85 bits per heavy atom. The molecule has 1 amide bonds. The number of methoxy groups -OCH3 is 1. The maximum Gasteiger partial charge on any atom is 0.256 e. The second-order valence-electron chi connectivity index (χ2n) is 5.88. The van der Waals surface area contributed by atoms with E-state index in [1.165, 1.54) is 6.07 Å². The molecule has 0 unspecified atom stereocenters. The summed E-state index contributed by atoms with van der Waals surface area (Å²) >= 11 is 0. The number of anilines is 2. The quantitative estimate of drug-likeness (QED) is 0.661. The van der Waals surface area contributed by atoms with E-state index in [0.717, 1.165) is 5.69 Å². The van der Waals surface area contributed by atoms with Crippen LogP contribution in [0.4, 0.5) is 15.9 Å². The number of carbonyl (C=O) groups is 1. The van der Waals surface area contributed by atoms with E-state index in [0.29, 0.717) is 35.7 Å². The van der Waals surface area contributed by atoms with Crippen LogP contribution < -0.4 is 15.4 Å². The lowest BCUT2D eigenvalue weighted by atomic mass is 10.1. The smallest absolute Gasteiger partial charge is 0.256 e. The minimum absolute atomic E-state index is 0.200. The minimum atomic E-state index is -0.245. The Bertz CT molecular complexity index is 896. The van der Waals surface area contributed by atoms with Gasteiger partial charge in [0.25, 0.3) is 5.91 Å². The number of pyridine rings is 1. The first kappa shape index (κ1) is 18.4. The number of rotatable bonds is 7. The molecule has 2 N–H and O–H groups in total. The van der Waals surface area contributed by atoms with E-state index in [1.807, 2.05) is 12.1 Å². The van der Waals surface area contributed by atoms with Crippen LogP contribution in [0.15, 0.2) is 66.9 Å². The molecule has 0 radical (unpaired) electrons. The van der Waals surface area contributed by atoms with Crippen molar-refractivity contribution in [3.63, 3.8) is 0 Å². The van der Waals surface area contributed by atoms with Gasteiger partial charge in [-0.2, -0.15) is 0 Å². The molecule has 2 aromatic carbocycles. The highest BCUT2D eigenvalue weighted by Gasteiger charge is 2.07. The minimum Gasteiger partial charge on any atom is -0.497 e. The van der Waals surface area contributed by atoms with Gasteiger partial charge in [-0.1, -0.05) is 18.2 Å². The molecule has 0 aliphatic carbocycles. The van der Waals surface area contributed by atoms with Crippen LogP contribution in [0.25, 0.3) is 0 Å². The summed E-state index contributed by atoms with van der Waals surface area (Å²) in [5.41, 5.74) is 1.99. The van der Waals surface area contributed by atoms with E-state index in [2.05, 4.69) is 15.6 Å². The van der Waals surface area contributed by atoms with E-state index in [-0.39, 0.29) is 11.7 Å². The van der Waals surface area contributed by atoms with Crippen molar-refractivity contribution < 1.29 is 13.9 Å². The molecule has 3 aromatic rings. The molecule has 0 fully saturated rings. The summed E-state index contributed by atoms with van der Waals surface area (Å²) in [6.07, 6.45) is 2.20. The Hall–Kier alpha value is -3.41. The van der Waals surface area contributed by atoms with Gasteiger partial charge >= 0.3 is 0 Å². The van der Waals surface area contributed by atoms with Crippen LogP contribution in [-0.4, -0.2) is 24.5 Å². The molecule has 0 aliphatic heterocycles. The summed E-state index contributed by atoms with van der Waals surface area (Å²) in [6, 6.07) is 17.1. The third-order valence-corrected chi connectivity index (χ3v) is 4.04. The van der Waals surface area contributed by atoms with Crippen molar-refractivity contribution in [3.8, 4) is 5.75 Å². The number of nitrogens with one attached hydrogen (secondary N) is 2. The Balaban J connectivity index is 1.52. The molecular formula is C21H20FN3O2. The first-order valence-corrected chi connectivity index (χ1v) is 8.54. The molecule has 1 heterocycles. The largest absolute Gasteiger partial charge is 0.497 e. The van der Waals surface area contributed by atoms with E-state index < -0.39 is 0 Å². The van der Waals surface area contributed by atoms with Crippen molar-refractivity contribution in [1.82, 2.24) is 4.98 Å². The fraction of sp³-hybridized carbons (Fsp3) is 0.143. The molecule has 0 aliphatic rings. The average Bonchev–Trinajstić information content (AvgIpc) is 2.71. The highest BCUT2D eigenvalue weighted by molar-refractivity contribution is 6.03. The number of aromatic nitrogens is 1. The second kappa shape index (κ2) is 8.80. The molecule has 5 nitrogen and oxygen atoms in total. The molecule has 0 bridgehead atoms. The van der Waals surface area contributed by atoms with Crippen LogP contribution in [0, 0.1) is 5.82 Å². The fourth-order valence-corrected chi connectivity index (χ4v) is 2.55. The van der Waals surface area contributed by atoms with Crippen LogP contribution >= 0.6 is 0 Å². The van der Waals surface area contributed by atoms with Crippen molar-refractivity contribution in [3.05, 3.63) is 83.8 Å². The normalized spacial score (nSPS) is 10.3. The van der Waals surface area contributed by atoms with Crippen LogP contribution in [0.5, 0.6) is 5.75 Å². The number of ether oxygens (including phenoxy) is 1. The zero-order valence-electron chi connectivity index (χ0n) is 14.9. The van der Waals surface area contributed by atoms with Gasteiger partial charge in [0.1, 0.15) is 17.4 Å². The van der Waals surface area contributed by atoms with Crippen molar-refractivity contribution in [1.29, 1.82) is 0 Å². The third-order valence-electron chi connectivity index (χ3n) is 4.04. The summed E-state index contributed by atoms with van der Waals surface area (Å²) in [6.45, 7) is 0.583. The van der Waals surface area contributed by atoms with E-state index in [9.17, 15) is 9.18 Å². The maximum atomic E-state index is 13.6. The predicted molar refractivity (Wildman–Crippen MR) is 104 cm³/mol. The van der Waals surface area contributed by atoms with Crippen molar-refractivity contribution in [2.75, 3.05) is 24.3 Å². The molecule has 0 saturated heterocycles. The van der Waals surface area contributed by atoms with Crippen molar-refractivity contribution >= 4 is 17.4 Å². The van der Waals surface area contributed by atoms with Gasteiger partial charge in [0.15, 0.2) is 0 Å². The van der Waals surface area contributed by atoms with Gasteiger partial charge in [-0.25, -0.2) is 9.37 Å². The first-order chi connectivity index (χ1) is 13.2. The number of carbonyl (C=O) groups excluding carboxylic acids is 1. The topological polar surface area (TPSA) is 63.2 Å². The van der Waals surface area contributed by atoms with Gasteiger partial charge < -0.3 is 15.4 Å².